The molecule has 0 aromatic rings. The predicted molar refractivity (Wildman–Crippen MR) is 60.5 cm³/mol. The summed E-state index contributed by atoms with van der Waals surface area (Å²) in [5.74, 6) is -1.38. The summed E-state index contributed by atoms with van der Waals surface area (Å²) in [6, 6.07) is -0.372. The minimum absolute atomic E-state index is 0.103. The molecule has 0 radical (unpaired) electrons. The molecule has 1 rings (SSSR count). The average molecular weight is 247 g/mol. The summed E-state index contributed by atoms with van der Waals surface area (Å²) >= 11 is 0. The van der Waals surface area contributed by atoms with Gasteiger partial charge in [-0.25, -0.2) is 13.1 Å². The van der Waals surface area contributed by atoms with Gasteiger partial charge in [-0.15, -0.1) is 0 Å². The van der Waals surface area contributed by atoms with Crippen LogP contribution in [0.25, 0.3) is 0 Å². The molecule has 0 spiro atoms. The molecule has 0 amide bonds. The maximum Gasteiger partial charge on any atom is 0.310 e. The Morgan fingerprint density at radius 2 is 2.19 bits per heavy atom. The van der Waals surface area contributed by atoms with E-state index in [1.54, 1.807) is 6.08 Å². The average Bonchev–Trinajstić information content (AvgIpc) is 2.62. The van der Waals surface area contributed by atoms with Crippen LogP contribution in [-0.2, 0) is 14.8 Å². The monoisotopic (exact) mass is 247 g/mol. The number of carboxylic acids is 1. The molecule has 2 N–H and O–H groups in total. The van der Waals surface area contributed by atoms with Crippen LogP contribution in [0.2, 0.25) is 0 Å². The zero-order valence-corrected chi connectivity index (χ0v) is 10.0. The number of carboxylic acid groups (broad SMARTS) is 1. The Bertz CT molecular complexity index is 374. The Morgan fingerprint density at radius 1 is 1.50 bits per heavy atom. The van der Waals surface area contributed by atoms with Crippen molar-refractivity contribution in [2.75, 3.05) is 5.75 Å². The van der Waals surface area contributed by atoms with Crippen molar-refractivity contribution in [3.63, 3.8) is 0 Å². The van der Waals surface area contributed by atoms with Crippen LogP contribution in [0.5, 0.6) is 0 Å². The second-order valence-electron chi connectivity index (χ2n) is 3.96. The summed E-state index contributed by atoms with van der Waals surface area (Å²) in [4.78, 5) is 10.7. The SMILES string of the molecule is CCCCS(=O)(=O)NC1C=CC(C(=O)O)C1. The first kappa shape index (κ1) is 13.2. The molecule has 0 heterocycles. The van der Waals surface area contributed by atoms with E-state index in [0.29, 0.717) is 12.8 Å². The fourth-order valence-electron chi connectivity index (χ4n) is 1.59. The van der Waals surface area contributed by atoms with Crippen molar-refractivity contribution < 1.29 is 18.3 Å². The third kappa shape index (κ3) is 3.94. The molecule has 0 aromatic carbocycles. The molecule has 0 saturated heterocycles. The molecule has 2 unspecified atom stereocenters. The number of unbranched alkanes of at least 4 members (excludes halogenated alkanes) is 1. The van der Waals surface area contributed by atoms with E-state index in [1.807, 2.05) is 6.92 Å². The molecule has 1 aliphatic carbocycles. The highest BCUT2D eigenvalue weighted by atomic mass is 32.2. The summed E-state index contributed by atoms with van der Waals surface area (Å²) in [6.45, 7) is 1.92. The van der Waals surface area contributed by atoms with Crippen LogP contribution in [0.3, 0.4) is 0 Å². The largest absolute Gasteiger partial charge is 0.481 e. The van der Waals surface area contributed by atoms with Gasteiger partial charge < -0.3 is 5.11 Å². The number of hydrogen-bond donors (Lipinski definition) is 2. The highest BCUT2D eigenvalue weighted by molar-refractivity contribution is 7.89. The molecule has 0 bridgehead atoms. The summed E-state index contributed by atoms with van der Waals surface area (Å²) in [5.41, 5.74) is 0. The number of hydrogen-bond acceptors (Lipinski definition) is 3. The van der Waals surface area contributed by atoms with Gasteiger partial charge in [0.15, 0.2) is 0 Å². The van der Waals surface area contributed by atoms with Gasteiger partial charge in [0.1, 0.15) is 0 Å². The van der Waals surface area contributed by atoms with Crippen molar-refractivity contribution in [2.45, 2.75) is 32.2 Å². The Labute approximate surface area is 95.6 Å². The third-order valence-electron chi connectivity index (χ3n) is 2.50. The van der Waals surface area contributed by atoms with E-state index in [4.69, 9.17) is 5.11 Å². The van der Waals surface area contributed by atoms with Gasteiger partial charge in [-0.05, 0) is 12.8 Å². The van der Waals surface area contributed by atoms with Gasteiger partial charge in [0.2, 0.25) is 10.0 Å². The van der Waals surface area contributed by atoms with Gasteiger partial charge in [0, 0.05) is 6.04 Å². The van der Waals surface area contributed by atoms with Crippen molar-refractivity contribution >= 4 is 16.0 Å². The van der Waals surface area contributed by atoms with Crippen LogP contribution < -0.4 is 4.72 Å². The standard InChI is InChI=1S/C10H17NO4S/c1-2-3-6-16(14,15)11-9-5-4-8(7-9)10(12)13/h4-5,8-9,11H,2-3,6-7H2,1H3,(H,12,13). The van der Waals surface area contributed by atoms with E-state index in [-0.39, 0.29) is 11.8 Å². The van der Waals surface area contributed by atoms with E-state index in [0.717, 1.165) is 6.42 Å². The smallest absolute Gasteiger partial charge is 0.310 e. The molecule has 2 atom stereocenters. The predicted octanol–water partition coefficient (Wildman–Crippen LogP) is 0.735. The van der Waals surface area contributed by atoms with Gasteiger partial charge in [0.05, 0.1) is 11.7 Å². The Morgan fingerprint density at radius 3 is 2.69 bits per heavy atom. The topological polar surface area (TPSA) is 83.5 Å². The molecule has 5 nitrogen and oxygen atoms in total. The Hall–Kier alpha value is -0.880. The maximum atomic E-state index is 11.5. The van der Waals surface area contributed by atoms with Crippen LogP contribution in [-0.4, -0.2) is 31.3 Å². The van der Waals surface area contributed by atoms with E-state index in [2.05, 4.69) is 4.72 Å². The van der Waals surface area contributed by atoms with Crippen molar-refractivity contribution in [1.29, 1.82) is 0 Å². The summed E-state index contributed by atoms with van der Waals surface area (Å²) in [7, 11) is -3.27. The van der Waals surface area contributed by atoms with Crippen molar-refractivity contribution in [1.82, 2.24) is 4.72 Å². The first-order valence-corrected chi connectivity index (χ1v) is 7.01. The minimum atomic E-state index is -3.27. The van der Waals surface area contributed by atoms with Gasteiger partial charge in [-0.3, -0.25) is 4.79 Å². The fraction of sp³-hybridized carbons (Fsp3) is 0.700. The number of nitrogens with one attached hydrogen (secondary N) is 1. The first-order valence-electron chi connectivity index (χ1n) is 5.35. The lowest BCUT2D eigenvalue weighted by atomic mass is 10.1. The van der Waals surface area contributed by atoms with E-state index in [9.17, 15) is 13.2 Å². The molecule has 0 aromatic heterocycles. The number of aliphatic carboxylic acids is 1. The van der Waals surface area contributed by atoms with Crippen LogP contribution in [0, 0.1) is 5.92 Å². The zero-order valence-electron chi connectivity index (χ0n) is 9.22. The van der Waals surface area contributed by atoms with Gasteiger partial charge in [-0.1, -0.05) is 25.5 Å². The number of rotatable bonds is 6. The zero-order chi connectivity index (χ0) is 12.2. The number of sulfonamides is 1. The summed E-state index contributed by atoms with van der Waals surface area (Å²) in [5, 5.41) is 8.74. The lowest BCUT2D eigenvalue weighted by Gasteiger charge is -2.12. The van der Waals surface area contributed by atoms with E-state index in [1.165, 1.54) is 6.08 Å². The van der Waals surface area contributed by atoms with Gasteiger partial charge in [-0.2, -0.15) is 0 Å². The minimum Gasteiger partial charge on any atom is -0.481 e. The lowest BCUT2D eigenvalue weighted by molar-refractivity contribution is -0.140. The molecular weight excluding hydrogens is 230 g/mol. The molecular formula is C10H17NO4S. The lowest BCUT2D eigenvalue weighted by Crippen LogP contribution is -2.35. The molecule has 0 saturated carbocycles. The van der Waals surface area contributed by atoms with Crippen LogP contribution in [0.1, 0.15) is 26.2 Å². The molecule has 6 heteroatoms. The molecule has 16 heavy (non-hydrogen) atoms. The van der Waals surface area contributed by atoms with Gasteiger partial charge in [0.25, 0.3) is 0 Å². The summed E-state index contributed by atoms with van der Waals surface area (Å²) < 4.78 is 25.6. The Balaban J connectivity index is 2.46. The van der Waals surface area contributed by atoms with Crippen LogP contribution >= 0.6 is 0 Å². The number of carbonyl (C=O) groups is 1. The normalized spacial score (nSPS) is 24.8. The van der Waals surface area contributed by atoms with E-state index < -0.39 is 21.9 Å². The highest BCUT2D eigenvalue weighted by Gasteiger charge is 2.26. The van der Waals surface area contributed by atoms with Crippen LogP contribution in [0.4, 0.5) is 0 Å². The van der Waals surface area contributed by atoms with Crippen LogP contribution in [0.15, 0.2) is 12.2 Å². The van der Waals surface area contributed by atoms with Crippen molar-refractivity contribution in [3.8, 4) is 0 Å². The highest BCUT2D eigenvalue weighted by Crippen LogP contribution is 2.18. The molecule has 0 fully saturated rings. The first-order chi connectivity index (χ1) is 7.44. The quantitative estimate of drug-likeness (QED) is 0.678. The molecule has 0 aliphatic heterocycles. The molecule has 92 valence electrons. The maximum absolute atomic E-state index is 11.5. The fourth-order valence-corrected chi connectivity index (χ4v) is 3.02. The van der Waals surface area contributed by atoms with Crippen molar-refractivity contribution in [3.05, 3.63) is 12.2 Å². The third-order valence-corrected chi connectivity index (χ3v) is 3.99. The van der Waals surface area contributed by atoms with Crippen molar-refractivity contribution in [2.24, 2.45) is 5.92 Å². The second-order valence-corrected chi connectivity index (χ2v) is 5.84. The summed E-state index contributed by atoms with van der Waals surface area (Å²) in [6.07, 6.45) is 4.89. The Kier molecular flexibility index (Phi) is 4.49. The molecule has 1 aliphatic rings. The van der Waals surface area contributed by atoms with E-state index >= 15 is 0 Å². The van der Waals surface area contributed by atoms with Gasteiger partial charge >= 0.3 is 5.97 Å². The second kappa shape index (κ2) is 5.45.